The lowest BCUT2D eigenvalue weighted by atomic mass is 10.2. The van der Waals surface area contributed by atoms with Crippen molar-refractivity contribution in [1.29, 1.82) is 0 Å². The Morgan fingerprint density at radius 2 is 2.11 bits per heavy atom. The van der Waals surface area contributed by atoms with Crippen molar-refractivity contribution in [3.05, 3.63) is 47.7 Å². The minimum absolute atomic E-state index is 0.126. The summed E-state index contributed by atoms with van der Waals surface area (Å²) in [6, 6.07) is 5.88. The van der Waals surface area contributed by atoms with Crippen LogP contribution in [0.5, 0.6) is 0 Å². The van der Waals surface area contributed by atoms with Gasteiger partial charge in [0.25, 0.3) is 5.91 Å². The molecule has 1 amide bonds. The lowest BCUT2D eigenvalue weighted by molar-refractivity contribution is 0.102. The second-order valence-corrected chi connectivity index (χ2v) is 3.71. The minimum Gasteiger partial charge on any atom is -0.397 e. The third-order valence-corrected chi connectivity index (χ3v) is 2.25. The lowest BCUT2D eigenvalue weighted by Crippen LogP contribution is -2.17. The molecule has 0 fully saturated rings. The van der Waals surface area contributed by atoms with Gasteiger partial charge in [-0.05, 0) is 31.2 Å². The van der Waals surface area contributed by atoms with Crippen LogP contribution in [-0.2, 0) is 0 Å². The Morgan fingerprint density at radius 3 is 2.78 bits per heavy atom. The highest BCUT2D eigenvalue weighted by atomic mass is 19.1. The van der Waals surface area contributed by atoms with E-state index in [0.717, 1.165) is 6.20 Å². The first-order chi connectivity index (χ1) is 8.56. The smallest absolute Gasteiger partial charge is 0.277 e. The molecule has 0 atom stereocenters. The Kier molecular flexibility index (Phi) is 3.18. The van der Waals surface area contributed by atoms with Gasteiger partial charge in [-0.15, -0.1) is 0 Å². The summed E-state index contributed by atoms with van der Waals surface area (Å²) < 4.78 is 12.7. The van der Waals surface area contributed by atoms with E-state index >= 15 is 0 Å². The molecule has 0 aliphatic carbocycles. The first-order valence-electron chi connectivity index (χ1n) is 5.22. The third kappa shape index (κ3) is 2.60. The summed E-state index contributed by atoms with van der Waals surface area (Å²) >= 11 is 0. The van der Waals surface area contributed by atoms with Gasteiger partial charge in [-0.2, -0.15) is 0 Å². The van der Waals surface area contributed by atoms with Crippen LogP contribution in [0.1, 0.15) is 16.2 Å². The summed E-state index contributed by atoms with van der Waals surface area (Å²) in [6.07, 6.45) is 1.02. The third-order valence-electron chi connectivity index (χ3n) is 2.25. The van der Waals surface area contributed by atoms with Gasteiger partial charge in [0.15, 0.2) is 5.69 Å². The molecule has 6 heteroatoms. The topological polar surface area (TPSA) is 80.9 Å². The fourth-order valence-electron chi connectivity index (χ4n) is 1.37. The summed E-state index contributed by atoms with van der Waals surface area (Å²) in [6.45, 7) is 1.76. The van der Waals surface area contributed by atoms with E-state index < -0.39 is 11.7 Å². The summed E-state index contributed by atoms with van der Waals surface area (Å²) in [5.74, 6) is -0.708. The molecule has 2 aromatic heterocycles. The number of rotatable bonds is 2. The summed E-state index contributed by atoms with van der Waals surface area (Å²) in [5, 5.41) is 2.49. The van der Waals surface area contributed by atoms with Gasteiger partial charge < -0.3 is 11.1 Å². The van der Waals surface area contributed by atoms with Gasteiger partial charge in [-0.3, -0.25) is 4.79 Å². The summed E-state index contributed by atoms with van der Waals surface area (Å²) in [4.78, 5) is 19.7. The molecule has 0 aliphatic rings. The maximum absolute atomic E-state index is 12.7. The Balaban J connectivity index is 2.21. The van der Waals surface area contributed by atoms with E-state index in [1.165, 1.54) is 12.1 Å². The molecule has 0 saturated carbocycles. The van der Waals surface area contributed by atoms with E-state index in [4.69, 9.17) is 5.73 Å². The maximum atomic E-state index is 12.7. The first-order valence-corrected chi connectivity index (χ1v) is 5.22. The maximum Gasteiger partial charge on any atom is 0.277 e. The Hall–Kier alpha value is -2.50. The van der Waals surface area contributed by atoms with E-state index in [9.17, 15) is 9.18 Å². The molecular weight excluding hydrogens is 235 g/mol. The van der Waals surface area contributed by atoms with E-state index in [0.29, 0.717) is 5.69 Å². The molecule has 0 aliphatic heterocycles. The van der Waals surface area contributed by atoms with Gasteiger partial charge in [0.05, 0.1) is 11.9 Å². The standard InChI is InChI=1S/C12H11FN4O/c1-7-2-4-9(14)11(16-7)12(18)17-10-5-3-8(13)6-15-10/h2-6H,14H2,1H3,(H,15,17,18). The van der Waals surface area contributed by atoms with Crippen LogP contribution in [0.15, 0.2) is 30.5 Å². The Labute approximate surface area is 103 Å². The number of carbonyl (C=O) groups excluding carboxylic acids is 1. The number of aromatic nitrogens is 2. The van der Waals surface area contributed by atoms with E-state index in [1.54, 1.807) is 19.1 Å². The van der Waals surface area contributed by atoms with Crippen molar-refractivity contribution in [2.75, 3.05) is 11.1 Å². The van der Waals surface area contributed by atoms with Crippen LogP contribution in [-0.4, -0.2) is 15.9 Å². The van der Waals surface area contributed by atoms with Crippen LogP contribution < -0.4 is 11.1 Å². The van der Waals surface area contributed by atoms with E-state index in [-0.39, 0.29) is 17.2 Å². The molecular formula is C12H11FN4O. The number of nitrogens with zero attached hydrogens (tertiary/aromatic N) is 2. The molecule has 2 rings (SSSR count). The SMILES string of the molecule is Cc1ccc(N)c(C(=O)Nc2ccc(F)cn2)n1. The molecule has 18 heavy (non-hydrogen) atoms. The van der Waals surface area contributed by atoms with Crippen molar-refractivity contribution in [2.24, 2.45) is 0 Å². The van der Waals surface area contributed by atoms with Gasteiger partial charge in [0, 0.05) is 5.69 Å². The highest BCUT2D eigenvalue weighted by Crippen LogP contribution is 2.12. The molecule has 3 N–H and O–H groups in total. The van der Waals surface area contributed by atoms with Crippen molar-refractivity contribution < 1.29 is 9.18 Å². The zero-order valence-electron chi connectivity index (χ0n) is 9.64. The fraction of sp³-hybridized carbons (Fsp3) is 0.0833. The van der Waals surface area contributed by atoms with Crippen LogP contribution >= 0.6 is 0 Å². The van der Waals surface area contributed by atoms with Crippen molar-refractivity contribution in [3.8, 4) is 0 Å². The van der Waals surface area contributed by atoms with Crippen molar-refractivity contribution in [3.63, 3.8) is 0 Å². The Morgan fingerprint density at radius 1 is 1.33 bits per heavy atom. The monoisotopic (exact) mass is 246 g/mol. The van der Waals surface area contributed by atoms with Gasteiger partial charge in [-0.1, -0.05) is 0 Å². The lowest BCUT2D eigenvalue weighted by Gasteiger charge is -2.06. The van der Waals surface area contributed by atoms with Crippen LogP contribution in [0.2, 0.25) is 0 Å². The number of amides is 1. The van der Waals surface area contributed by atoms with Gasteiger partial charge >= 0.3 is 0 Å². The number of nitrogen functional groups attached to an aromatic ring is 1. The van der Waals surface area contributed by atoms with Gasteiger partial charge in [0.2, 0.25) is 0 Å². The Bertz CT molecular complexity index is 583. The van der Waals surface area contributed by atoms with Crippen LogP contribution in [0.4, 0.5) is 15.9 Å². The van der Waals surface area contributed by atoms with Gasteiger partial charge in [0.1, 0.15) is 11.6 Å². The number of hydrogen-bond acceptors (Lipinski definition) is 4. The molecule has 92 valence electrons. The number of nitrogens with one attached hydrogen (secondary N) is 1. The molecule has 2 heterocycles. The van der Waals surface area contributed by atoms with E-state index in [1.807, 2.05) is 0 Å². The molecule has 5 nitrogen and oxygen atoms in total. The van der Waals surface area contributed by atoms with Gasteiger partial charge in [-0.25, -0.2) is 14.4 Å². The predicted octanol–water partition coefficient (Wildman–Crippen LogP) is 1.76. The predicted molar refractivity (Wildman–Crippen MR) is 65.5 cm³/mol. The first kappa shape index (κ1) is 12.0. The normalized spacial score (nSPS) is 10.1. The quantitative estimate of drug-likeness (QED) is 0.846. The average molecular weight is 246 g/mol. The number of nitrogens with two attached hydrogens (primary N) is 1. The number of aryl methyl sites for hydroxylation is 1. The summed E-state index contributed by atoms with van der Waals surface area (Å²) in [7, 11) is 0. The molecule has 0 bridgehead atoms. The van der Waals surface area contributed by atoms with Crippen LogP contribution in [0.3, 0.4) is 0 Å². The average Bonchev–Trinajstić information content (AvgIpc) is 2.35. The zero-order valence-corrected chi connectivity index (χ0v) is 9.64. The molecule has 0 unspecified atom stereocenters. The van der Waals surface area contributed by atoms with Crippen LogP contribution in [0.25, 0.3) is 0 Å². The number of hydrogen-bond donors (Lipinski definition) is 2. The van der Waals surface area contributed by atoms with Crippen molar-refractivity contribution >= 4 is 17.4 Å². The second-order valence-electron chi connectivity index (χ2n) is 3.71. The molecule has 0 radical (unpaired) electrons. The molecule has 0 aromatic carbocycles. The number of anilines is 2. The summed E-state index contributed by atoms with van der Waals surface area (Å²) in [5.41, 5.74) is 6.75. The number of halogens is 1. The van der Waals surface area contributed by atoms with Crippen molar-refractivity contribution in [2.45, 2.75) is 6.92 Å². The van der Waals surface area contributed by atoms with E-state index in [2.05, 4.69) is 15.3 Å². The molecule has 0 saturated heterocycles. The highest BCUT2D eigenvalue weighted by Gasteiger charge is 2.12. The second kappa shape index (κ2) is 4.79. The number of carbonyl (C=O) groups is 1. The number of pyridine rings is 2. The molecule has 0 spiro atoms. The van der Waals surface area contributed by atoms with Crippen molar-refractivity contribution in [1.82, 2.24) is 9.97 Å². The highest BCUT2D eigenvalue weighted by molar-refractivity contribution is 6.05. The zero-order chi connectivity index (χ0) is 13.1. The minimum atomic E-state index is -0.477. The van der Waals surface area contributed by atoms with Crippen LogP contribution in [0, 0.1) is 12.7 Å². The fourth-order valence-corrected chi connectivity index (χ4v) is 1.37. The molecule has 2 aromatic rings. The largest absolute Gasteiger partial charge is 0.397 e.